The van der Waals surface area contributed by atoms with Crippen LogP contribution in [-0.2, 0) is 0 Å². The fraction of sp³-hybridized carbons (Fsp3) is 0.545. The summed E-state index contributed by atoms with van der Waals surface area (Å²) in [5, 5.41) is 0. The molecule has 1 aromatic rings. The fourth-order valence-electron chi connectivity index (χ4n) is 1.32. The number of hydrogen-bond acceptors (Lipinski definition) is 2. The predicted octanol–water partition coefficient (Wildman–Crippen LogP) is 3.47. The molecule has 3 heteroatoms. The fourth-order valence-corrected chi connectivity index (χ4v) is 1.66. The summed E-state index contributed by atoms with van der Waals surface area (Å²) in [6.07, 6.45) is 3.79. The van der Waals surface area contributed by atoms with Crippen molar-refractivity contribution in [2.24, 2.45) is 0 Å². The van der Waals surface area contributed by atoms with Crippen molar-refractivity contribution in [3.05, 3.63) is 22.8 Å². The molecule has 2 nitrogen and oxygen atoms in total. The summed E-state index contributed by atoms with van der Waals surface area (Å²) in [5.41, 5.74) is 0. The maximum atomic E-state index is 4.39. The zero-order chi connectivity index (χ0) is 10.4. The van der Waals surface area contributed by atoms with Crippen molar-refractivity contribution < 1.29 is 0 Å². The Hall–Kier alpha value is -0.570. The van der Waals surface area contributed by atoms with Gasteiger partial charge in [0.2, 0.25) is 0 Å². The Morgan fingerprint density at radius 2 is 2.14 bits per heavy atom. The van der Waals surface area contributed by atoms with E-state index in [4.69, 9.17) is 0 Å². The molecule has 0 aliphatic carbocycles. The molecule has 1 rings (SSSR count). The number of rotatable bonds is 5. The third-order valence-corrected chi connectivity index (χ3v) is 2.63. The SMILES string of the molecule is CCCCCN(C)c1cccc(Br)n1. The van der Waals surface area contributed by atoms with Crippen LogP contribution in [0.4, 0.5) is 5.82 Å². The van der Waals surface area contributed by atoms with Crippen molar-refractivity contribution in [2.75, 3.05) is 18.5 Å². The first-order valence-electron chi connectivity index (χ1n) is 5.07. The molecule has 0 atom stereocenters. The highest BCUT2D eigenvalue weighted by Gasteiger charge is 2.01. The Balaban J connectivity index is 2.47. The first-order chi connectivity index (χ1) is 6.74. The number of nitrogens with zero attached hydrogens (tertiary/aromatic N) is 2. The van der Waals surface area contributed by atoms with Gasteiger partial charge in [-0.15, -0.1) is 0 Å². The van der Waals surface area contributed by atoms with Gasteiger partial charge in [0, 0.05) is 13.6 Å². The molecule has 14 heavy (non-hydrogen) atoms. The summed E-state index contributed by atoms with van der Waals surface area (Å²) in [4.78, 5) is 6.59. The maximum Gasteiger partial charge on any atom is 0.129 e. The largest absolute Gasteiger partial charge is 0.360 e. The monoisotopic (exact) mass is 256 g/mol. The van der Waals surface area contributed by atoms with Crippen LogP contribution >= 0.6 is 15.9 Å². The normalized spacial score (nSPS) is 10.2. The van der Waals surface area contributed by atoms with E-state index < -0.39 is 0 Å². The summed E-state index contributed by atoms with van der Waals surface area (Å²) < 4.78 is 0.900. The summed E-state index contributed by atoms with van der Waals surface area (Å²) in [5.74, 6) is 1.04. The van der Waals surface area contributed by atoms with Crippen molar-refractivity contribution in [1.82, 2.24) is 4.98 Å². The number of hydrogen-bond donors (Lipinski definition) is 0. The van der Waals surface area contributed by atoms with Crippen molar-refractivity contribution in [1.29, 1.82) is 0 Å². The predicted molar refractivity (Wildman–Crippen MR) is 64.7 cm³/mol. The van der Waals surface area contributed by atoms with E-state index in [-0.39, 0.29) is 0 Å². The zero-order valence-electron chi connectivity index (χ0n) is 8.83. The van der Waals surface area contributed by atoms with Gasteiger partial charge in [0.15, 0.2) is 0 Å². The minimum Gasteiger partial charge on any atom is -0.360 e. The molecule has 0 amide bonds. The first kappa shape index (κ1) is 11.5. The molecule has 0 unspecified atom stereocenters. The maximum absolute atomic E-state index is 4.39. The lowest BCUT2D eigenvalue weighted by molar-refractivity contribution is 0.701. The Morgan fingerprint density at radius 1 is 1.36 bits per heavy atom. The molecule has 78 valence electrons. The molecule has 0 saturated heterocycles. The standard InChI is InChI=1S/C11H17BrN2/c1-3-4-5-9-14(2)11-8-6-7-10(12)13-11/h6-8H,3-5,9H2,1-2H3. The minimum atomic E-state index is 0.900. The summed E-state index contributed by atoms with van der Waals surface area (Å²) in [6.45, 7) is 3.30. The molecule has 1 heterocycles. The molecule has 0 saturated carbocycles. The second-order valence-corrected chi connectivity index (χ2v) is 4.26. The molecule has 0 radical (unpaired) electrons. The average molecular weight is 257 g/mol. The molecule has 0 aliphatic heterocycles. The van der Waals surface area contributed by atoms with Crippen LogP contribution in [0.5, 0.6) is 0 Å². The Morgan fingerprint density at radius 3 is 2.79 bits per heavy atom. The molecule has 0 spiro atoms. The first-order valence-corrected chi connectivity index (χ1v) is 5.87. The number of aromatic nitrogens is 1. The summed E-state index contributed by atoms with van der Waals surface area (Å²) in [7, 11) is 2.09. The lowest BCUT2D eigenvalue weighted by atomic mass is 10.2. The lowest BCUT2D eigenvalue weighted by Crippen LogP contribution is -2.19. The number of anilines is 1. The van der Waals surface area contributed by atoms with Crippen LogP contribution in [0.2, 0.25) is 0 Å². The number of unbranched alkanes of at least 4 members (excludes halogenated alkanes) is 2. The van der Waals surface area contributed by atoms with Gasteiger partial charge in [-0.2, -0.15) is 0 Å². The van der Waals surface area contributed by atoms with Crippen LogP contribution in [0, 0.1) is 0 Å². The van der Waals surface area contributed by atoms with E-state index >= 15 is 0 Å². The van der Waals surface area contributed by atoms with Crippen molar-refractivity contribution in [3.63, 3.8) is 0 Å². The molecule has 0 bridgehead atoms. The second-order valence-electron chi connectivity index (χ2n) is 3.45. The Bertz CT molecular complexity index is 276. The second kappa shape index (κ2) is 6.02. The van der Waals surface area contributed by atoms with Gasteiger partial charge >= 0.3 is 0 Å². The molecule has 1 aromatic heterocycles. The van der Waals surface area contributed by atoms with Crippen LogP contribution in [0.25, 0.3) is 0 Å². The van der Waals surface area contributed by atoms with Crippen LogP contribution in [0.3, 0.4) is 0 Å². The zero-order valence-corrected chi connectivity index (χ0v) is 10.4. The van der Waals surface area contributed by atoms with Crippen LogP contribution in [0.1, 0.15) is 26.2 Å². The van der Waals surface area contributed by atoms with E-state index in [1.54, 1.807) is 0 Å². The minimum absolute atomic E-state index is 0.900. The van der Waals surface area contributed by atoms with Crippen LogP contribution in [-0.4, -0.2) is 18.6 Å². The van der Waals surface area contributed by atoms with Gasteiger partial charge in [-0.3, -0.25) is 0 Å². The van der Waals surface area contributed by atoms with Crippen LogP contribution in [0.15, 0.2) is 22.8 Å². The highest BCUT2D eigenvalue weighted by atomic mass is 79.9. The van der Waals surface area contributed by atoms with Gasteiger partial charge in [0.1, 0.15) is 10.4 Å². The Kier molecular flexibility index (Phi) is 4.94. The number of halogens is 1. The molecular weight excluding hydrogens is 240 g/mol. The third kappa shape index (κ3) is 3.66. The highest BCUT2D eigenvalue weighted by molar-refractivity contribution is 9.10. The quantitative estimate of drug-likeness (QED) is 0.593. The van der Waals surface area contributed by atoms with E-state index in [2.05, 4.69) is 39.8 Å². The average Bonchev–Trinajstić information content (AvgIpc) is 2.18. The lowest BCUT2D eigenvalue weighted by Gasteiger charge is -2.17. The van der Waals surface area contributed by atoms with Gasteiger partial charge < -0.3 is 4.90 Å². The summed E-state index contributed by atoms with van der Waals surface area (Å²) in [6, 6.07) is 6.00. The van der Waals surface area contributed by atoms with Gasteiger partial charge in [-0.25, -0.2) is 4.98 Å². The Labute approximate surface area is 94.5 Å². The van der Waals surface area contributed by atoms with E-state index in [9.17, 15) is 0 Å². The third-order valence-electron chi connectivity index (χ3n) is 2.19. The summed E-state index contributed by atoms with van der Waals surface area (Å²) >= 11 is 3.37. The van der Waals surface area contributed by atoms with Gasteiger partial charge in [-0.1, -0.05) is 25.8 Å². The van der Waals surface area contributed by atoms with Gasteiger partial charge in [0.25, 0.3) is 0 Å². The highest BCUT2D eigenvalue weighted by Crippen LogP contribution is 2.14. The van der Waals surface area contributed by atoms with Gasteiger partial charge in [0.05, 0.1) is 0 Å². The smallest absolute Gasteiger partial charge is 0.129 e. The van der Waals surface area contributed by atoms with E-state index in [1.807, 2.05) is 18.2 Å². The molecular formula is C11H17BrN2. The van der Waals surface area contributed by atoms with Gasteiger partial charge in [-0.05, 0) is 34.5 Å². The van der Waals surface area contributed by atoms with Crippen molar-refractivity contribution in [2.45, 2.75) is 26.2 Å². The molecule has 0 fully saturated rings. The van der Waals surface area contributed by atoms with E-state index in [0.29, 0.717) is 0 Å². The topological polar surface area (TPSA) is 16.1 Å². The van der Waals surface area contributed by atoms with Crippen LogP contribution < -0.4 is 4.90 Å². The van der Waals surface area contributed by atoms with Crippen molar-refractivity contribution in [3.8, 4) is 0 Å². The van der Waals surface area contributed by atoms with E-state index in [0.717, 1.165) is 17.0 Å². The molecule has 0 aromatic carbocycles. The number of pyridine rings is 1. The van der Waals surface area contributed by atoms with Crippen molar-refractivity contribution >= 4 is 21.7 Å². The molecule has 0 N–H and O–H groups in total. The van der Waals surface area contributed by atoms with E-state index in [1.165, 1.54) is 19.3 Å². The molecule has 0 aliphatic rings.